The molecule has 0 radical (unpaired) electrons. The molecule has 0 fully saturated rings. The van der Waals surface area contributed by atoms with Gasteiger partial charge in [-0.05, 0) is 33.1 Å². The van der Waals surface area contributed by atoms with Gasteiger partial charge in [0.15, 0.2) is 0 Å². The predicted molar refractivity (Wildman–Crippen MR) is 66.2 cm³/mol. The molecule has 0 saturated carbocycles. The zero-order chi connectivity index (χ0) is 12.8. The molecule has 0 aromatic heterocycles. The summed E-state index contributed by atoms with van der Waals surface area (Å²) in [5.74, 6) is 0.405. The summed E-state index contributed by atoms with van der Waals surface area (Å²) in [5, 5.41) is 15.0. The quantitative estimate of drug-likeness (QED) is 0.635. The number of carbonyl (C=O) groups is 1. The van der Waals surface area contributed by atoms with Crippen molar-refractivity contribution in [3.63, 3.8) is 0 Å². The lowest BCUT2D eigenvalue weighted by Gasteiger charge is -2.22. The Morgan fingerprint density at radius 3 is 2.25 bits per heavy atom. The smallest absolute Gasteiger partial charge is 0.234 e. The fourth-order valence-corrected chi connectivity index (χ4v) is 1.37. The average molecular weight is 230 g/mol. The Hall–Kier alpha value is -0.610. The lowest BCUT2D eigenvalue weighted by molar-refractivity contribution is -0.121. The van der Waals surface area contributed by atoms with Crippen molar-refractivity contribution in [2.45, 2.75) is 52.6 Å². The van der Waals surface area contributed by atoms with Gasteiger partial charge in [-0.15, -0.1) is 0 Å². The van der Waals surface area contributed by atoms with Crippen LogP contribution in [0.5, 0.6) is 0 Å². The maximum atomic E-state index is 11.6. The van der Waals surface area contributed by atoms with Gasteiger partial charge in [-0.1, -0.05) is 13.8 Å². The number of rotatable bonds is 6. The van der Waals surface area contributed by atoms with Gasteiger partial charge in [-0.2, -0.15) is 0 Å². The van der Waals surface area contributed by atoms with E-state index in [1.807, 2.05) is 20.8 Å². The van der Waals surface area contributed by atoms with Crippen molar-refractivity contribution >= 4 is 5.91 Å². The molecule has 0 saturated heterocycles. The molecule has 96 valence electrons. The Balaban J connectivity index is 3.92. The summed E-state index contributed by atoms with van der Waals surface area (Å²) in [6, 6.07) is -0.130. The number of amides is 1. The van der Waals surface area contributed by atoms with Crippen LogP contribution in [0.25, 0.3) is 0 Å². The SMILES string of the molecule is CC(C)CC(CO)NC(=O)CNC(C)(C)C. The third kappa shape index (κ3) is 8.68. The number of hydrogen-bond acceptors (Lipinski definition) is 3. The van der Waals surface area contributed by atoms with Crippen LogP contribution in [0.2, 0.25) is 0 Å². The predicted octanol–water partition coefficient (Wildman–Crippen LogP) is 0.898. The molecule has 0 aliphatic rings. The Kier molecular flexibility index (Phi) is 6.60. The molecule has 0 rings (SSSR count). The number of nitrogens with one attached hydrogen (secondary N) is 2. The second-order valence-electron chi connectivity index (χ2n) is 5.68. The van der Waals surface area contributed by atoms with Crippen LogP contribution in [0.3, 0.4) is 0 Å². The molecule has 3 N–H and O–H groups in total. The highest BCUT2D eigenvalue weighted by atomic mass is 16.3. The second kappa shape index (κ2) is 6.86. The van der Waals surface area contributed by atoms with Crippen LogP contribution in [0, 0.1) is 5.92 Å². The average Bonchev–Trinajstić information content (AvgIpc) is 2.12. The molecule has 0 bridgehead atoms. The van der Waals surface area contributed by atoms with Crippen molar-refractivity contribution < 1.29 is 9.90 Å². The molecule has 1 amide bonds. The molecule has 1 atom stereocenters. The third-order valence-corrected chi connectivity index (χ3v) is 2.12. The molecule has 0 spiro atoms. The van der Waals surface area contributed by atoms with E-state index in [2.05, 4.69) is 24.5 Å². The molecule has 0 aliphatic carbocycles. The lowest BCUT2D eigenvalue weighted by atomic mass is 10.0. The minimum Gasteiger partial charge on any atom is -0.394 e. The highest BCUT2D eigenvalue weighted by Gasteiger charge is 2.15. The van der Waals surface area contributed by atoms with E-state index in [-0.39, 0.29) is 30.6 Å². The number of aliphatic hydroxyl groups is 1. The summed E-state index contributed by atoms with van der Waals surface area (Å²) in [7, 11) is 0. The summed E-state index contributed by atoms with van der Waals surface area (Å²) < 4.78 is 0. The fourth-order valence-electron chi connectivity index (χ4n) is 1.37. The first kappa shape index (κ1) is 15.4. The summed E-state index contributed by atoms with van der Waals surface area (Å²) >= 11 is 0. The lowest BCUT2D eigenvalue weighted by Crippen LogP contribution is -2.47. The van der Waals surface area contributed by atoms with Gasteiger partial charge in [0.2, 0.25) is 5.91 Å². The Labute approximate surface area is 98.8 Å². The van der Waals surface area contributed by atoms with E-state index in [0.717, 1.165) is 6.42 Å². The maximum Gasteiger partial charge on any atom is 0.234 e. The second-order valence-corrected chi connectivity index (χ2v) is 5.68. The van der Waals surface area contributed by atoms with Gasteiger partial charge in [0.25, 0.3) is 0 Å². The molecule has 16 heavy (non-hydrogen) atoms. The summed E-state index contributed by atoms with van der Waals surface area (Å²) in [5.41, 5.74) is -0.0654. The standard InChI is InChI=1S/C12H26N2O2/c1-9(2)6-10(8-15)14-11(16)7-13-12(3,4)5/h9-10,13,15H,6-8H2,1-5H3,(H,14,16). The van der Waals surface area contributed by atoms with Gasteiger partial charge in [-0.3, -0.25) is 4.79 Å². The van der Waals surface area contributed by atoms with Gasteiger partial charge in [0.05, 0.1) is 19.2 Å². The summed E-state index contributed by atoms with van der Waals surface area (Å²) in [4.78, 5) is 11.6. The Bertz CT molecular complexity index is 210. The molecule has 1 unspecified atom stereocenters. The van der Waals surface area contributed by atoms with Crippen LogP contribution in [0.15, 0.2) is 0 Å². The highest BCUT2D eigenvalue weighted by Crippen LogP contribution is 2.04. The number of aliphatic hydroxyl groups excluding tert-OH is 1. The van der Waals surface area contributed by atoms with E-state index in [0.29, 0.717) is 5.92 Å². The minimum atomic E-state index is -0.130. The molecular formula is C12H26N2O2. The monoisotopic (exact) mass is 230 g/mol. The van der Waals surface area contributed by atoms with Crippen molar-refractivity contribution in [1.82, 2.24) is 10.6 Å². The van der Waals surface area contributed by atoms with Crippen LogP contribution >= 0.6 is 0 Å². The normalized spacial score (nSPS) is 13.9. The van der Waals surface area contributed by atoms with Crippen molar-refractivity contribution in [3.8, 4) is 0 Å². The first-order chi connectivity index (χ1) is 7.24. The zero-order valence-electron chi connectivity index (χ0n) is 11.1. The molecule has 0 heterocycles. The van der Waals surface area contributed by atoms with Gasteiger partial charge in [-0.25, -0.2) is 0 Å². The van der Waals surface area contributed by atoms with Crippen LogP contribution < -0.4 is 10.6 Å². The van der Waals surface area contributed by atoms with E-state index in [1.54, 1.807) is 0 Å². The Morgan fingerprint density at radius 1 is 1.31 bits per heavy atom. The van der Waals surface area contributed by atoms with Crippen LogP contribution in [-0.2, 0) is 4.79 Å². The molecule has 4 nitrogen and oxygen atoms in total. The highest BCUT2D eigenvalue weighted by molar-refractivity contribution is 5.78. The van der Waals surface area contributed by atoms with E-state index in [4.69, 9.17) is 5.11 Å². The molecular weight excluding hydrogens is 204 g/mol. The molecule has 0 aromatic carbocycles. The van der Waals surface area contributed by atoms with Crippen LogP contribution in [0.1, 0.15) is 41.0 Å². The van der Waals surface area contributed by atoms with Crippen molar-refractivity contribution in [2.75, 3.05) is 13.2 Å². The number of carbonyl (C=O) groups excluding carboxylic acids is 1. The zero-order valence-corrected chi connectivity index (χ0v) is 11.1. The van der Waals surface area contributed by atoms with Crippen molar-refractivity contribution in [1.29, 1.82) is 0 Å². The van der Waals surface area contributed by atoms with E-state index < -0.39 is 0 Å². The van der Waals surface area contributed by atoms with Gasteiger partial charge in [0, 0.05) is 5.54 Å². The largest absolute Gasteiger partial charge is 0.394 e. The Morgan fingerprint density at radius 2 is 1.88 bits per heavy atom. The van der Waals surface area contributed by atoms with E-state index in [1.165, 1.54) is 0 Å². The minimum absolute atomic E-state index is 0.000558. The summed E-state index contributed by atoms with van der Waals surface area (Å²) in [6.07, 6.45) is 0.803. The maximum absolute atomic E-state index is 11.6. The van der Waals surface area contributed by atoms with Crippen molar-refractivity contribution in [3.05, 3.63) is 0 Å². The van der Waals surface area contributed by atoms with E-state index >= 15 is 0 Å². The third-order valence-electron chi connectivity index (χ3n) is 2.12. The first-order valence-electron chi connectivity index (χ1n) is 5.90. The van der Waals surface area contributed by atoms with Gasteiger partial charge in [0.1, 0.15) is 0 Å². The van der Waals surface area contributed by atoms with Crippen molar-refractivity contribution in [2.24, 2.45) is 5.92 Å². The molecule has 0 aromatic rings. The fraction of sp³-hybridized carbons (Fsp3) is 0.917. The first-order valence-corrected chi connectivity index (χ1v) is 5.90. The van der Waals surface area contributed by atoms with E-state index in [9.17, 15) is 4.79 Å². The number of hydrogen-bond donors (Lipinski definition) is 3. The van der Waals surface area contributed by atoms with Crippen LogP contribution in [-0.4, -0.2) is 35.7 Å². The molecule has 4 heteroatoms. The van der Waals surface area contributed by atoms with Gasteiger partial charge >= 0.3 is 0 Å². The van der Waals surface area contributed by atoms with Gasteiger partial charge < -0.3 is 15.7 Å². The topological polar surface area (TPSA) is 61.4 Å². The summed E-state index contributed by atoms with van der Waals surface area (Å²) in [6.45, 7) is 10.5. The molecule has 0 aliphatic heterocycles. The van der Waals surface area contributed by atoms with Crippen LogP contribution in [0.4, 0.5) is 0 Å².